The van der Waals surface area contributed by atoms with Crippen molar-refractivity contribution in [2.45, 2.75) is 26.4 Å². The summed E-state index contributed by atoms with van der Waals surface area (Å²) < 4.78 is 0. The average Bonchev–Trinajstić information content (AvgIpc) is 2.34. The molecule has 2 aromatic rings. The lowest BCUT2D eigenvalue weighted by Gasteiger charge is -2.26. The molecule has 1 unspecified atom stereocenters. The molecule has 2 nitrogen and oxygen atoms in total. The van der Waals surface area contributed by atoms with E-state index in [0.29, 0.717) is 5.56 Å². The summed E-state index contributed by atoms with van der Waals surface area (Å²) in [6.45, 7) is 5.50. The van der Waals surface area contributed by atoms with Gasteiger partial charge in [-0.1, -0.05) is 42.0 Å². The maximum absolute atomic E-state index is 10.7. The van der Waals surface area contributed by atoms with Crippen molar-refractivity contribution in [3.63, 3.8) is 0 Å². The Kier molecular flexibility index (Phi) is 3.14. The summed E-state index contributed by atoms with van der Waals surface area (Å²) in [4.78, 5) is 0. The second kappa shape index (κ2) is 4.46. The van der Waals surface area contributed by atoms with Gasteiger partial charge in [-0.05, 0) is 38.0 Å². The summed E-state index contributed by atoms with van der Waals surface area (Å²) in [5.41, 5.74) is 1.93. The number of aromatic hydroxyl groups is 1. The minimum atomic E-state index is -1.19. The Hall–Kier alpha value is -1.80. The van der Waals surface area contributed by atoms with E-state index in [1.165, 1.54) is 0 Å². The molecule has 0 aliphatic rings. The molecule has 0 aliphatic carbocycles. The standard InChI is InChI=1S/C16H18O2/c1-11-9-12(2)15(17)14(10-11)16(3,18)13-7-5-4-6-8-13/h4-10,17-18H,1-3H3. The molecule has 2 heteroatoms. The molecule has 0 aromatic heterocycles. The van der Waals surface area contributed by atoms with Gasteiger partial charge in [-0.2, -0.15) is 0 Å². The first kappa shape index (κ1) is 12.7. The smallest absolute Gasteiger partial charge is 0.124 e. The van der Waals surface area contributed by atoms with Crippen LogP contribution in [-0.4, -0.2) is 10.2 Å². The Labute approximate surface area is 108 Å². The Morgan fingerprint density at radius 3 is 2.22 bits per heavy atom. The molecule has 2 rings (SSSR count). The number of hydrogen-bond donors (Lipinski definition) is 2. The maximum atomic E-state index is 10.7. The number of phenols is 1. The number of hydrogen-bond acceptors (Lipinski definition) is 2. The molecule has 0 saturated carbocycles. The van der Waals surface area contributed by atoms with E-state index in [1.54, 1.807) is 6.92 Å². The Balaban J connectivity index is 2.61. The van der Waals surface area contributed by atoms with E-state index in [-0.39, 0.29) is 5.75 Å². The first-order chi connectivity index (χ1) is 8.43. The van der Waals surface area contributed by atoms with Gasteiger partial charge in [-0.15, -0.1) is 0 Å². The zero-order valence-corrected chi connectivity index (χ0v) is 10.9. The summed E-state index contributed by atoms with van der Waals surface area (Å²) in [5, 5.41) is 20.9. The van der Waals surface area contributed by atoms with Crippen LogP contribution in [0.1, 0.15) is 29.2 Å². The second-order valence-electron chi connectivity index (χ2n) is 4.92. The van der Waals surface area contributed by atoms with Crippen LogP contribution in [0.15, 0.2) is 42.5 Å². The second-order valence-corrected chi connectivity index (χ2v) is 4.92. The van der Waals surface area contributed by atoms with E-state index in [1.807, 2.05) is 56.3 Å². The van der Waals surface area contributed by atoms with Gasteiger partial charge in [-0.3, -0.25) is 0 Å². The number of aliphatic hydroxyl groups is 1. The van der Waals surface area contributed by atoms with Crippen molar-refractivity contribution >= 4 is 0 Å². The highest BCUT2D eigenvalue weighted by Crippen LogP contribution is 2.37. The highest BCUT2D eigenvalue weighted by Gasteiger charge is 2.29. The molecular formula is C16H18O2. The molecule has 1 atom stereocenters. The van der Waals surface area contributed by atoms with E-state index in [4.69, 9.17) is 0 Å². The van der Waals surface area contributed by atoms with E-state index in [9.17, 15) is 10.2 Å². The van der Waals surface area contributed by atoms with E-state index in [2.05, 4.69) is 0 Å². The maximum Gasteiger partial charge on any atom is 0.124 e. The van der Waals surface area contributed by atoms with Crippen LogP contribution in [0.4, 0.5) is 0 Å². The number of rotatable bonds is 2. The minimum Gasteiger partial charge on any atom is -0.507 e. The predicted molar refractivity (Wildman–Crippen MR) is 72.7 cm³/mol. The Bertz CT molecular complexity index is 557. The molecule has 0 saturated heterocycles. The average molecular weight is 242 g/mol. The molecule has 94 valence electrons. The SMILES string of the molecule is Cc1cc(C)c(O)c(C(C)(O)c2ccccc2)c1. The van der Waals surface area contributed by atoms with Crippen LogP contribution in [0.5, 0.6) is 5.75 Å². The zero-order chi connectivity index (χ0) is 13.3. The summed E-state index contributed by atoms with van der Waals surface area (Å²) >= 11 is 0. The van der Waals surface area contributed by atoms with Crippen molar-refractivity contribution in [3.8, 4) is 5.75 Å². The van der Waals surface area contributed by atoms with Crippen LogP contribution in [0, 0.1) is 13.8 Å². The van der Waals surface area contributed by atoms with Gasteiger partial charge in [0.15, 0.2) is 0 Å². The van der Waals surface area contributed by atoms with Gasteiger partial charge < -0.3 is 10.2 Å². The Morgan fingerprint density at radius 1 is 1.00 bits per heavy atom. The van der Waals surface area contributed by atoms with E-state index < -0.39 is 5.60 Å². The Morgan fingerprint density at radius 2 is 1.61 bits per heavy atom. The largest absolute Gasteiger partial charge is 0.507 e. The predicted octanol–water partition coefficient (Wildman–Crippen LogP) is 3.26. The molecule has 0 radical (unpaired) electrons. The van der Waals surface area contributed by atoms with Crippen LogP contribution in [-0.2, 0) is 5.60 Å². The van der Waals surface area contributed by atoms with Crippen molar-refractivity contribution in [3.05, 3.63) is 64.7 Å². The van der Waals surface area contributed by atoms with Crippen LogP contribution in [0.3, 0.4) is 0 Å². The number of phenolic OH excluding ortho intramolecular Hbond substituents is 1. The quantitative estimate of drug-likeness (QED) is 0.848. The minimum absolute atomic E-state index is 0.162. The van der Waals surface area contributed by atoms with Gasteiger partial charge in [0.2, 0.25) is 0 Å². The lowest BCUT2D eigenvalue weighted by atomic mass is 9.86. The van der Waals surface area contributed by atoms with Crippen LogP contribution in [0.2, 0.25) is 0 Å². The van der Waals surface area contributed by atoms with Gasteiger partial charge in [0.25, 0.3) is 0 Å². The monoisotopic (exact) mass is 242 g/mol. The topological polar surface area (TPSA) is 40.5 Å². The summed E-state index contributed by atoms with van der Waals surface area (Å²) in [6.07, 6.45) is 0. The van der Waals surface area contributed by atoms with Crippen molar-refractivity contribution in [1.82, 2.24) is 0 Å². The van der Waals surface area contributed by atoms with Gasteiger partial charge >= 0.3 is 0 Å². The molecule has 2 aromatic carbocycles. The fourth-order valence-corrected chi connectivity index (χ4v) is 2.25. The van der Waals surface area contributed by atoms with Crippen LogP contribution >= 0.6 is 0 Å². The molecule has 0 amide bonds. The molecule has 18 heavy (non-hydrogen) atoms. The van der Waals surface area contributed by atoms with Crippen molar-refractivity contribution < 1.29 is 10.2 Å². The highest BCUT2D eigenvalue weighted by atomic mass is 16.3. The summed E-state index contributed by atoms with van der Waals surface area (Å²) in [7, 11) is 0. The fraction of sp³-hybridized carbons (Fsp3) is 0.250. The molecule has 0 spiro atoms. The summed E-state index contributed by atoms with van der Waals surface area (Å²) in [6, 6.07) is 13.1. The van der Waals surface area contributed by atoms with E-state index in [0.717, 1.165) is 16.7 Å². The van der Waals surface area contributed by atoms with E-state index >= 15 is 0 Å². The molecule has 0 heterocycles. The molecule has 0 bridgehead atoms. The first-order valence-electron chi connectivity index (χ1n) is 6.01. The van der Waals surface area contributed by atoms with Crippen LogP contribution < -0.4 is 0 Å². The third-order valence-electron chi connectivity index (χ3n) is 3.31. The number of aryl methyl sites for hydroxylation is 2. The fourth-order valence-electron chi connectivity index (χ4n) is 2.25. The lowest BCUT2D eigenvalue weighted by molar-refractivity contribution is 0.0990. The molecule has 2 N–H and O–H groups in total. The highest BCUT2D eigenvalue weighted by molar-refractivity contribution is 5.49. The first-order valence-corrected chi connectivity index (χ1v) is 6.01. The van der Waals surface area contributed by atoms with Gasteiger partial charge in [-0.25, -0.2) is 0 Å². The molecule has 0 aliphatic heterocycles. The van der Waals surface area contributed by atoms with Crippen molar-refractivity contribution in [1.29, 1.82) is 0 Å². The summed E-state index contributed by atoms with van der Waals surface area (Å²) in [5.74, 6) is 0.162. The van der Waals surface area contributed by atoms with Crippen molar-refractivity contribution in [2.75, 3.05) is 0 Å². The van der Waals surface area contributed by atoms with Gasteiger partial charge in [0.05, 0.1) is 0 Å². The normalized spacial score (nSPS) is 14.2. The van der Waals surface area contributed by atoms with Gasteiger partial charge in [0.1, 0.15) is 11.4 Å². The lowest BCUT2D eigenvalue weighted by Crippen LogP contribution is -2.23. The van der Waals surface area contributed by atoms with Gasteiger partial charge in [0, 0.05) is 5.56 Å². The number of benzene rings is 2. The molecule has 0 fully saturated rings. The third-order valence-corrected chi connectivity index (χ3v) is 3.31. The molecular weight excluding hydrogens is 224 g/mol. The van der Waals surface area contributed by atoms with Crippen LogP contribution in [0.25, 0.3) is 0 Å². The third kappa shape index (κ3) is 2.12. The zero-order valence-electron chi connectivity index (χ0n) is 10.9. The van der Waals surface area contributed by atoms with Crippen molar-refractivity contribution in [2.24, 2.45) is 0 Å².